The molecule has 9 heteroatoms. The standard InChI is InChI=1S/C54H105NO8/c1-3-5-7-9-11-13-14-15-16-17-18-19-20-21-22-23-24-25-26-27-28-29-30-31-32-33-34-36-38-40-42-44-50(58)55-47(48(57)43-41-39-37-35-12-10-8-6-4-2)46-62-54-53(61)52(60)51(59)49(45-56)63-54/h21-22,47-49,51-54,56-57,59-61H,3-20,23-46H2,1-2H3,(H,55,58)/b22-21-. The minimum atomic E-state index is -1.55. The molecule has 6 N–H and O–H groups in total. The largest absolute Gasteiger partial charge is 0.394 e. The third-order valence-electron chi connectivity index (χ3n) is 13.4. The predicted molar refractivity (Wildman–Crippen MR) is 263 cm³/mol. The van der Waals surface area contributed by atoms with Gasteiger partial charge in [0.1, 0.15) is 24.4 Å². The van der Waals surface area contributed by atoms with Crippen molar-refractivity contribution in [2.45, 2.75) is 314 Å². The van der Waals surface area contributed by atoms with Crippen LogP contribution in [-0.4, -0.2) is 87.5 Å². The summed E-state index contributed by atoms with van der Waals surface area (Å²) in [6.45, 7) is 3.83. The van der Waals surface area contributed by atoms with Crippen LogP contribution in [0.5, 0.6) is 0 Å². The molecule has 0 saturated carbocycles. The van der Waals surface area contributed by atoms with Crippen molar-refractivity contribution in [2.24, 2.45) is 0 Å². The van der Waals surface area contributed by atoms with Gasteiger partial charge in [0, 0.05) is 6.42 Å². The second kappa shape index (κ2) is 44.7. The first-order chi connectivity index (χ1) is 30.8. The molecule has 0 aromatic rings. The highest BCUT2D eigenvalue weighted by Crippen LogP contribution is 2.23. The van der Waals surface area contributed by atoms with Gasteiger partial charge in [0.15, 0.2) is 6.29 Å². The minimum Gasteiger partial charge on any atom is -0.394 e. The molecule has 7 atom stereocenters. The van der Waals surface area contributed by atoms with E-state index in [1.54, 1.807) is 0 Å². The van der Waals surface area contributed by atoms with Gasteiger partial charge in [0.2, 0.25) is 5.91 Å². The summed E-state index contributed by atoms with van der Waals surface area (Å²) >= 11 is 0. The summed E-state index contributed by atoms with van der Waals surface area (Å²) in [5, 5.41) is 54.3. The number of aliphatic hydroxyl groups excluding tert-OH is 5. The van der Waals surface area contributed by atoms with Crippen LogP contribution in [-0.2, 0) is 14.3 Å². The molecule has 7 unspecified atom stereocenters. The van der Waals surface area contributed by atoms with E-state index < -0.39 is 49.5 Å². The van der Waals surface area contributed by atoms with E-state index in [0.29, 0.717) is 12.8 Å². The molecule has 1 amide bonds. The summed E-state index contributed by atoms with van der Waals surface area (Å²) in [5.74, 6) is -0.143. The number of allylic oxidation sites excluding steroid dienone is 2. The number of carbonyl (C=O) groups excluding carboxylic acids is 1. The number of rotatable bonds is 47. The Kier molecular flexibility index (Phi) is 42.6. The molecular formula is C54H105NO8. The molecule has 63 heavy (non-hydrogen) atoms. The predicted octanol–water partition coefficient (Wildman–Crippen LogP) is 12.8. The molecule has 0 aromatic carbocycles. The maximum absolute atomic E-state index is 13.0. The highest BCUT2D eigenvalue weighted by molar-refractivity contribution is 5.76. The fourth-order valence-electron chi connectivity index (χ4n) is 8.98. The molecular weight excluding hydrogens is 791 g/mol. The monoisotopic (exact) mass is 896 g/mol. The normalized spacial score (nSPS) is 20.1. The highest BCUT2D eigenvalue weighted by atomic mass is 16.7. The van der Waals surface area contributed by atoms with E-state index in [1.807, 2.05) is 0 Å². The van der Waals surface area contributed by atoms with Crippen molar-refractivity contribution < 1.29 is 39.8 Å². The van der Waals surface area contributed by atoms with Crippen molar-refractivity contribution in [2.75, 3.05) is 13.2 Å². The van der Waals surface area contributed by atoms with Crippen LogP contribution in [0.1, 0.15) is 271 Å². The maximum atomic E-state index is 13.0. The quantitative estimate of drug-likeness (QED) is 0.0261. The minimum absolute atomic E-state index is 0.134. The lowest BCUT2D eigenvalue weighted by molar-refractivity contribution is -0.302. The van der Waals surface area contributed by atoms with E-state index in [1.165, 1.54) is 205 Å². The molecule has 1 fully saturated rings. The van der Waals surface area contributed by atoms with E-state index >= 15 is 0 Å². The number of nitrogens with one attached hydrogen (secondary N) is 1. The van der Waals surface area contributed by atoms with Gasteiger partial charge in [-0.3, -0.25) is 4.79 Å². The molecule has 0 spiro atoms. The molecule has 0 radical (unpaired) electrons. The molecule has 0 bridgehead atoms. The Hall–Kier alpha value is -1.07. The van der Waals surface area contributed by atoms with Gasteiger partial charge in [0.25, 0.3) is 0 Å². The Labute approximate surface area is 388 Å². The smallest absolute Gasteiger partial charge is 0.220 e. The number of hydrogen-bond acceptors (Lipinski definition) is 8. The van der Waals surface area contributed by atoms with Crippen molar-refractivity contribution in [3.8, 4) is 0 Å². The number of unbranched alkanes of at least 4 members (excludes halogenated alkanes) is 35. The van der Waals surface area contributed by atoms with Crippen molar-refractivity contribution in [3.05, 3.63) is 12.2 Å². The Morgan fingerprint density at radius 1 is 0.524 bits per heavy atom. The van der Waals surface area contributed by atoms with E-state index in [4.69, 9.17) is 9.47 Å². The summed E-state index contributed by atoms with van der Waals surface area (Å²) in [6, 6.07) is -0.713. The van der Waals surface area contributed by atoms with E-state index in [0.717, 1.165) is 38.5 Å². The van der Waals surface area contributed by atoms with Crippen molar-refractivity contribution in [1.29, 1.82) is 0 Å². The first-order valence-corrected chi connectivity index (χ1v) is 27.4. The summed E-state index contributed by atoms with van der Waals surface area (Å²) in [4.78, 5) is 13.0. The van der Waals surface area contributed by atoms with E-state index in [9.17, 15) is 30.3 Å². The molecule has 0 aromatic heterocycles. The van der Waals surface area contributed by atoms with Crippen LogP contribution in [0.15, 0.2) is 12.2 Å². The van der Waals surface area contributed by atoms with Gasteiger partial charge < -0.3 is 40.3 Å². The van der Waals surface area contributed by atoms with Gasteiger partial charge >= 0.3 is 0 Å². The Bertz CT molecular complexity index is 997. The summed E-state index contributed by atoms with van der Waals surface area (Å²) in [7, 11) is 0. The van der Waals surface area contributed by atoms with Crippen LogP contribution < -0.4 is 5.32 Å². The highest BCUT2D eigenvalue weighted by Gasteiger charge is 2.44. The Morgan fingerprint density at radius 2 is 0.889 bits per heavy atom. The van der Waals surface area contributed by atoms with Crippen molar-refractivity contribution >= 4 is 5.91 Å². The Balaban J connectivity index is 2.07. The van der Waals surface area contributed by atoms with Gasteiger partial charge in [-0.25, -0.2) is 0 Å². The number of hydrogen-bond donors (Lipinski definition) is 6. The van der Waals surface area contributed by atoms with Crippen LogP contribution in [0.2, 0.25) is 0 Å². The fourth-order valence-corrected chi connectivity index (χ4v) is 8.98. The summed E-state index contributed by atoms with van der Waals surface area (Å²) < 4.78 is 11.3. The van der Waals surface area contributed by atoms with E-state index in [-0.39, 0.29) is 12.5 Å². The van der Waals surface area contributed by atoms with Gasteiger partial charge in [-0.15, -0.1) is 0 Å². The summed E-state index contributed by atoms with van der Waals surface area (Å²) in [6.07, 6.45) is 47.0. The lowest BCUT2D eigenvalue weighted by Gasteiger charge is -2.40. The topological polar surface area (TPSA) is 149 Å². The SMILES string of the molecule is CCCCCCCCCCCCCC/C=C\CCCCCCCCCCCCCCCCCC(=O)NC(COC1OC(CO)C(O)C(O)C1O)C(O)CCCCCCCCCCC. The molecule has 374 valence electrons. The lowest BCUT2D eigenvalue weighted by atomic mass is 9.99. The van der Waals surface area contributed by atoms with Crippen LogP contribution >= 0.6 is 0 Å². The zero-order valence-corrected chi connectivity index (χ0v) is 41.4. The molecule has 1 rings (SSSR count). The van der Waals surface area contributed by atoms with E-state index in [2.05, 4.69) is 31.3 Å². The van der Waals surface area contributed by atoms with Crippen LogP contribution in [0, 0.1) is 0 Å². The van der Waals surface area contributed by atoms with Crippen LogP contribution in [0.25, 0.3) is 0 Å². The zero-order chi connectivity index (χ0) is 45.9. The second-order valence-electron chi connectivity index (χ2n) is 19.4. The average Bonchev–Trinajstić information content (AvgIpc) is 3.28. The van der Waals surface area contributed by atoms with Gasteiger partial charge in [0.05, 0.1) is 25.4 Å². The molecule has 1 heterocycles. The number of aliphatic hydroxyl groups is 5. The third kappa shape index (κ3) is 34.8. The lowest BCUT2D eigenvalue weighted by Crippen LogP contribution is -2.60. The summed E-state index contributed by atoms with van der Waals surface area (Å²) in [5.41, 5.74) is 0. The number of carbonyl (C=O) groups is 1. The van der Waals surface area contributed by atoms with Gasteiger partial charge in [-0.1, -0.05) is 238 Å². The van der Waals surface area contributed by atoms with Crippen LogP contribution in [0.4, 0.5) is 0 Å². The van der Waals surface area contributed by atoms with Gasteiger partial charge in [-0.2, -0.15) is 0 Å². The molecule has 1 aliphatic rings. The number of ether oxygens (including phenoxy) is 2. The molecule has 1 aliphatic heterocycles. The van der Waals surface area contributed by atoms with Crippen LogP contribution in [0.3, 0.4) is 0 Å². The molecule has 1 saturated heterocycles. The first-order valence-electron chi connectivity index (χ1n) is 27.4. The fraction of sp³-hybridized carbons (Fsp3) is 0.944. The zero-order valence-electron chi connectivity index (χ0n) is 41.4. The second-order valence-corrected chi connectivity index (χ2v) is 19.4. The average molecular weight is 896 g/mol. The van der Waals surface area contributed by atoms with Crippen molar-refractivity contribution in [3.63, 3.8) is 0 Å². The Morgan fingerprint density at radius 3 is 1.29 bits per heavy atom. The number of amides is 1. The van der Waals surface area contributed by atoms with Gasteiger partial charge in [-0.05, 0) is 38.5 Å². The maximum Gasteiger partial charge on any atom is 0.220 e. The molecule has 0 aliphatic carbocycles. The van der Waals surface area contributed by atoms with Crippen molar-refractivity contribution in [1.82, 2.24) is 5.32 Å². The molecule has 9 nitrogen and oxygen atoms in total. The first kappa shape index (κ1) is 59.9. The third-order valence-corrected chi connectivity index (χ3v) is 13.4.